The quantitative estimate of drug-likeness (QED) is 0.332. The molecule has 1 atom stereocenters. The summed E-state index contributed by atoms with van der Waals surface area (Å²) in [6.07, 6.45) is -0.780. The summed E-state index contributed by atoms with van der Waals surface area (Å²) in [5.74, 6) is 1.24. The van der Waals surface area contributed by atoms with Crippen LogP contribution < -0.4 is 19.5 Å². The first kappa shape index (κ1) is 22.9. The number of aromatic amines is 1. The second kappa shape index (κ2) is 9.99. The van der Waals surface area contributed by atoms with Gasteiger partial charge in [-0.15, -0.1) is 5.10 Å². The summed E-state index contributed by atoms with van der Waals surface area (Å²) in [6, 6.07) is 12.3. The van der Waals surface area contributed by atoms with Crippen molar-refractivity contribution in [1.82, 2.24) is 15.5 Å². The van der Waals surface area contributed by atoms with Gasteiger partial charge in [-0.2, -0.15) is 0 Å². The predicted molar refractivity (Wildman–Crippen MR) is 120 cm³/mol. The predicted octanol–water partition coefficient (Wildman–Crippen LogP) is 2.42. The van der Waals surface area contributed by atoms with E-state index in [0.29, 0.717) is 42.6 Å². The molecule has 0 radical (unpaired) electrons. The molecule has 0 spiro atoms. The first-order chi connectivity index (χ1) is 14.8. The lowest BCUT2D eigenvalue weighted by Crippen LogP contribution is -2.26. The Morgan fingerprint density at radius 2 is 2.00 bits per heavy atom. The minimum absolute atomic E-state index is 0.306. The average Bonchev–Trinajstić information content (AvgIpc) is 3.15. The number of nitrogens with one attached hydrogen (secondary N) is 3. The van der Waals surface area contributed by atoms with Crippen molar-refractivity contribution >= 4 is 26.6 Å². The molecule has 9 nitrogen and oxygen atoms in total. The number of aliphatic hydroxyl groups excluding tert-OH is 1. The largest absolute Gasteiger partial charge is 0.492 e. The molecular weight excluding hydrogens is 420 g/mol. The van der Waals surface area contributed by atoms with Crippen LogP contribution in [0.15, 0.2) is 42.5 Å². The van der Waals surface area contributed by atoms with E-state index in [9.17, 15) is 13.5 Å². The number of rotatable bonds is 11. The lowest BCUT2D eigenvalue weighted by Gasteiger charge is -2.15. The Balaban J connectivity index is 1.46. The van der Waals surface area contributed by atoms with Crippen molar-refractivity contribution < 1.29 is 23.0 Å². The van der Waals surface area contributed by atoms with E-state index in [0.717, 1.165) is 10.9 Å². The Bertz CT molecular complexity index is 1110. The second-order valence-corrected chi connectivity index (χ2v) is 9.57. The molecule has 0 aliphatic rings. The summed E-state index contributed by atoms with van der Waals surface area (Å²) < 4.78 is 37.5. The van der Waals surface area contributed by atoms with Crippen LogP contribution in [-0.4, -0.2) is 55.8 Å². The Morgan fingerprint density at radius 1 is 1.19 bits per heavy atom. The normalized spacial score (nSPS) is 12.8. The summed E-state index contributed by atoms with van der Waals surface area (Å²) >= 11 is 0. The molecule has 3 aromatic rings. The molecule has 0 saturated carbocycles. The Morgan fingerprint density at radius 3 is 2.74 bits per heavy atom. The van der Waals surface area contributed by atoms with Crippen LogP contribution in [-0.2, 0) is 10.0 Å². The summed E-state index contributed by atoms with van der Waals surface area (Å²) in [5.41, 5.74) is 1.88. The summed E-state index contributed by atoms with van der Waals surface area (Å²) in [4.78, 5) is 0. The topological polar surface area (TPSA) is 126 Å². The molecule has 2 aromatic carbocycles. The Hall–Kier alpha value is -2.82. The molecule has 31 heavy (non-hydrogen) atoms. The Kier molecular flexibility index (Phi) is 7.37. The molecule has 168 valence electrons. The number of ether oxygens (including phenoxy) is 2. The molecule has 0 amide bonds. The zero-order valence-corrected chi connectivity index (χ0v) is 18.6. The van der Waals surface area contributed by atoms with Crippen LogP contribution in [0.2, 0.25) is 0 Å². The monoisotopic (exact) mass is 448 g/mol. The molecule has 0 aliphatic carbocycles. The zero-order chi connectivity index (χ0) is 22.4. The van der Waals surface area contributed by atoms with E-state index in [-0.39, 0.29) is 0 Å². The molecular formula is C21H28N4O5S. The highest BCUT2D eigenvalue weighted by Gasteiger charge is 2.16. The van der Waals surface area contributed by atoms with Gasteiger partial charge in [0.2, 0.25) is 15.9 Å². The van der Waals surface area contributed by atoms with E-state index in [1.807, 2.05) is 18.2 Å². The molecule has 1 heterocycles. The number of nitrogens with zero attached hydrogens (tertiary/aromatic N) is 1. The number of aliphatic hydroxyl groups is 1. The number of sulfonamides is 1. The third-order valence-electron chi connectivity index (χ3n) is 4.73. The fourth-order valence-corrected chi connectivity index (χ4v) is 3.60. The van der Waals surface area contributed by atoms with Gasteiger partial charge in [0.25, 0.3) is 0 Å². The number of fused-ring (bicyclic) bond motifs is 1. The number of hydrogen-bond donors (Lipinski definition) is 4. The van der Waals surface area contributed by atoms with Crippen molar-refractivity contribution in [3.8, 4) is 11.6 Å². The minimum Gasteiger partial charge on any atom is -0.492 e. The van der Waals surface area contributed by atoms with E-state index in [1.54, 1.807) is 45.2 Å². The van der Waals surface area contributed by atoms with E-state index < -0.39 is 21.4 Å². The van der Waals surface area contributed by atoms with Gasteiger partial charge in [-0.3, -0.25) is 9.82 Å². The highest BCUT2D eigenvalue weighted by molar-refractivity contribution is 7.93. The smallest absolute Gasteiger partial charge is 0.240 e. The lowest BCUT2D eigenvalue weighted by atomic mass is 10.1. The molecule has 4 N–H and O–H groups in total. The molecule has 0 bridgehead atoms. The maximum Gasteiger partial charge on any atom is 0.240 e. The standard InChI is InChI=1S/C21H28N4O5S/c1-14(2)31(27,28)25-16-6-4-5-15(11-16)20(26)13-22-9-10-30-17-7-8-18-19(12-17)23-24-21(18)29-3/h4-8,11-12,14,20,22,25-26H,9-10,13H2,1-3H3,(H,23,24). The molecule has 3 rings (SSSR count). The third kappa shape index (κ3) is 5.87. The molecule has 0 aliphatic heterocycles. The number of methoxy groups -OCH3 is 1. The second-order valence-electron chi connectivity index (χ2n) is 7.33. The van der Waals surface area contributed by atoms with Gasteiger partial charge in [0.15, 0.2) is 0 Å². The SMILES string of the molecule is COc1n[nH]c2cc(OCCNCC(O)c3cccc(NS(=O)(=O)C(C)C)c3)ccc12. The first-order valence-corrected chi connectivity index (χ1v) is 11.5. The summed E-state index contributed by atoms with van der Waals surface area (Å²) in [7, 11) is -1.87. The van der Waals surface area contributed by atoms with Gasteiger partial charge in [-0.1, -0.05) is 12.1 Å². The van der Waals surface area contributed by atoms with Crippen LogP contribution in [0, 0.1) is 0 Å². The van der Waals surface area contributed by atoms with Crippen molar-refractivity contribution in [3.63, 3.8) is 0 Å². The Labute approximate surface area is 181 Å². The van der Waals surface area contributed by atoms with E-state index in [4.69, 9.17) is 9.47 Å². The van der Waals surface area contributed by atoms with Crippen LogP contribution in [0.1, 0.15) is 25.5 Å². The van der Waals surface area contributed by atoms with E-state index in [1.165, 1.54) is 0 Å². The van der Waals surface area contributed by atoms with Crippen LogP contribution in [0.3, 0.4) is 0 Å². The minimum atomic E-state index is -3.44. The maximum absolute atomic E-state index is 12.0. The summed E-state index contributed by atoms with van der Waals surface area (Å²) in [5, 5.41) is 20.8. The van der Waals surface area contributed by atoms with Gasteiger partial charge in [-0.05, 0) is 43.7 Å². The average molecular weight is 449 g/mol. The van der Waals surface area contributed by atoms with Gasteiger partial charge in [-0.25, -0.2) is 8.42 Å². The zero-order valence-electron chi connectivity index (χ0n) is 17.8. The fourth-order valence-electron chi connectivity index (χ4n) is 2.91. The number of hydrogen-bond acceptors (Lipinski definition) is 7. The highest BCUT2D eigenvalue weighted by Crippen LogP contribution is 2.26. The molecule has 1 aromatic heterocycles. The van der Waals surface area contributed by atoms with Crippen molar-refractivity contribution in [2.45, 2.75) is 25.2 Å². The van der Waals surface area contributed by atoms with Crippen LogP contribution in [0.4, 0.5) is 5.69 Å². The first-order valence-electron chi connectivity index (χ1n) is 9.95. The van der Waals surface area contributed by atoms with Crippen molar-refractivity contribution in [2.75, 3.05) is 31.5 Å². The van der Waals surface area contributed by atoms with E-state index >= 15 is 0 Å². The van der Waals surface area contributed by atoms with E-state index in [2.05, 4.69) is 20.2 Å². The van der Waals surface area contributed by atoms with Crippen molar-refractivity contribution in [3.05, 3.63) is 48.0 Å². The molecule has 0 fully saturated rings. The third-order valence-corrected chi connectivity index (χ3v) is 6.49. The van der Waals surface area contributed by atoms with Crippen molar-refractivity contribution in [2.24, 2.45) is 0 Å². The number of benzene rings is 2. The molecule has 0 saturated heterocycles. The molecule has 1 unspecified atom stereocenters. The maximum atomic E-state index is 12.0. The number of anilines is 1. The lowest BCUT2D eigenvalue weighted by molar-refractivity contribution is 0.172. The fraction of sp³-hybridized carbons (Fsp3) is 0.381. The molecule has 10 heteroatoms. The van der Waals surface area contributed by atoms with Gasteiger partial charge in [0.1, 0.15) is 12.4 Å². The van der Waals surface area contributed by atoms with Gasteiger partial charge < -0.3 is 19.9 Å². The van der Waals surface area contributed by atoms with Crippen LogP contribution in [0.25, 0.3) is 10.9 Å². The van der Waals surface area contributed by atoms with Gasteiger partial charge in [0.05, 0.1) is 29.4 Å². The highest BCUT2D eigenvalue weighted by atomic mass is 32.2. The number of aromatic nitrogens is 2. The van der Waals surface area contributed by atoms with Gasteiger partial charge in [0, 0.05) is 24.8 Å². The number of H-pyrrole nitrogens is 1. The van der Waals surface area contributed by atoms with Crippen molar-refractivity contribution in [1.29, 1.82) is 0 Å². The van der Waals surface area contributed by atoms with Crippen LogP contribution in [0.5, 0.6) is 11.6 Å². The van der Waals surface area contributed by atoms with Crippen LogP contribution >= 0.6 is 0 Å². The van der Waals surface area contributed by atoms with Gasteiger partial charge >= 0.3 is 0 Å². The summed E-state index contributed by atoms with van der Waals surface area (Å²) in [6.45, 7) is 4.47.